The van der Waals surface area contributed by atoms with Crippen LogP contribution in [-0.2, 0) is 11.8 Å². The van der Waals surface area contributed by atoms with E-state index in [2.05, 4.69) is 17.0 Å². The quantitative estimate of drug-likeness (QED) is 0.748. The second-order valence-electron chi connectivity index (χ2n) is 5.76. The molecule has 0 N–H and O–H groups in total. The molecule has 0 aromatic carbocycles. The van der Waals surface area contributed by atoms with E-state index in [4.69, 9.17) is 11.6 Å². The third-order valence-corrected chi connectivity index (χ3v) is 4.44. The van der Waals surface area contributed by atoms with Crippen molar-refractivity contribution in [2.24, 2.45) is 7.05 Å². The summed E-state index contributed by atoms with van der Waals surface area (Å²) in [6, 6.07) is 5.73. The Morgan fingerprint density at radius 3 is 2.75 bits per heavy atom. The standard InChI is InChI=1S/C18H23ClN4O/c1-5-8-16(15-9-6-7-12-20-15)22(3)17(24)11-10-14-13(2)21-23(4)18(14)19/h6-7,9-12,16H,5,8H2,1-4H3/b11-10-/t16-/m1/s1. The van der Waals surface area contributed by atoms with Crippen molar-refractivity contribution in [3.8, 4) is 0 Å². The highest BCUT2D eigenvalue weighted by molar-refractivity contribution is 6.31. The Kier molecular flexibility index (Phi) is 6.15. The number of pyridine rings is 1. The van der Waals surface area contributed by atoms with Gasteiger partial charge in [-0.1, -0.05) is 31.0 Å². The fourth-order valence-electron chi connectivity index (χ4n) is 2.65. The Balaban J connectivity index is 2.19. The molecule has 0 saturated heterocycles. The van der Waals surface area contributed by atoms with Gasteiger partial charge in [0.15, 0.2) is 0 Å². The predicted octanol–water partition coefficient (Wildman–Crippen LogP) is 3.79. The summed E-state index contributed by atoms with van der Waals surface area (Å²) in [6.07, 6.45) is 6.85. The molecule has 5 nitrogen and oxygen atoms in total. The summed E-state index contributed by atoms with van der Waals surface area (Å²) in [6.45, 7) is 3.97. The fraction of sp³-hybridized carbons (Fsp3) is 0.389. The second-order valence-corrected chi connectivity index (χ2v) is 6.11. The Bertz CT molecular complexity index is 724. The predicted molar refractivity (Wildman–Crippen MR) is 96.6 cm³/mol. The summed E-state index contributed by atoms with van der Waals surface area (Å²) >= 11 is 6.20. The first kappa shape index (κ1) is 18.2. The van der Waals surface area contributed by atoms with Crippen molar-refractivity contribution in [2.75, 3.05) is 7.05 Å². The highest BCUT2D eigenvalue weighted by Gasteiger charge is 2.20. The molecule has 0 unspecified atom stereocenters. The van der Waals surface area contributed by atoms with Crippen LogP contribution in [0.1, 0.15) is 42.8 Å². The minimum atomic E-state index is -0.0848. The van der Waals surface area contributed by atoms with E-state index < -0.39 is 0 Å². The van der Waals surface area contributed by atoms with Crippen LogP contribution in [0.25, 0.3) is 6.08 Å². The van der Waals surface area contributed by atoms with Crippen molar-refractivity contribution in [1.82, 2.24) is 19.7 Å². The number of amides is 1. The van der Waals surface area contributed by atoms with E-state index in [0.29, 0.717) is 5.15 Å². The van der Waals surface area contributed by atoms with Gasteiger partial charge in [-0.25, -0.2) is 0 Å². The van der Waals surface area contributed by atoms with Gasteiger partial charge in [-0.05, 0) is 31.6 Å². The zero-order valence-corrected chi connectivity index (χ0v) is 15.3. The summed E-state index contributed by atoms with van der Waals surface area (Å²) in [5.41, 5.74) is 2.47. The van der Waals surface area contributed by atoms with Crippen LogP contribution in [0.2, 0.25) is 5.15 Å². The Labute approximate surface area is 147 Å². The number of carbonyl (C=O) groups excluding carboxylic acids is 1. The molecule has 0 aliphatic rings. The molecule has 0 aliphatic carbocycles. The van der Waals surface area contributed by atoms with E-state index in [9.17, 15) is 4.79 Å². The Morgan fingerprint density at radius 2 is 2.21 bits per heavy atom. The fourth-order valence-corrected chi connectivity index (χ4v) is 2.89. The Morgan fingerprint density at radius 1 is 1.46 bits per heavy atom. The van der Waals surface area contributed by atoms with Gasteiger partial charge in [0.05, 0.1) is 17.4 Å². The average molecular weight is 347 g/mol. The number of aromatic nitrogens is 3. The molecule has 0 bridgehead atoms. The number of nitrogens with zero attached hydrogens (tertiary/aromatic N) is 4. The molecule has 2 aromatic rings. The second kappa shape index (κ2) is 8.11. The monoisotopic (exact) mass is 346 g/mol. The molecule has 0 saturated carbocycles. The number of hydrogen-bond donors (Lipinski definition) is 0. The third kappa shape index (κ3) is 4.03. The normalized spacial score (nSPS) is 12.5. The molecular formula is C18H23ClN4O. The van der Waals surface area contributed by atoms with Crippen LogP contribution in [0.4, 0.5) is 0 Å². The lowest BCUT2D eigenvalue weighted by molar-refractivity contribution is -0.127. The lowest BCUT2D eigenvalue weighted by Gasteiger charge is -2.26. The highest BCUT2D eigenvalue weighted by atomic mass is 35.5. The number of aryl methyl sites for hydroxylation is 2. The third-order valence-electron chi connectivity index (χ3n) is 4.00. The van der Waals surface area contributed by atoms with Gasteiger partial charge in [-0.15, -0.1) is 0 Å². The lowest BCUT2D eigenvalue weighted by atomic mass is 10.1. The maximum absolute atomic E-state index is 12.6. The van der Waals surface area contributed by atoms with E-state index in [1.165, 1.54) is 0 Å². The molecule has 24 heavy (non-hydrogen) atoms. The van der Waals surface area contributed by atoms with Crippen molar-refractivity contribution in [1.29, 1.82) is 0 Å². The van der Waals surface area contributed by atoms with Gasteiger partial charge in [0, 0.05) is 31.9 Å². The minimum Gasteiger partial charge on any atom is -0.334 e. The summed E-state index contributed by atoms with van der Waals surface area (Å²) in [7, 11) is 3.58. The molecule has 0 spiro atoms. The van der Waals surface area contributed by atoms with Gasteiger partial charge in [0.1, 0.15) is 5.15 Å². The van der Waals surface area contributed by atoms with E-state index in [0.717, 1.165) is 29.8 Å². The van der Waals surface area contributed by atoms with Crippen LogP contribution in [0.15, 0.2) is 30.5 Å². The van der Waals surface area contributed by atoms with Crippen molar-refractivity contribution in [2.45, 2.75) is 32.7 Å². The first-order chi connectivity index (χ1) is 11.5. The number of hydrogen-bond acceptors (Lipinski definition) is 3. The topological polar surface area (TPSA) is 51.0 Å². The van der Waals surface area contributed by atoms with Gasteiger partial charge >= 0.3 is 0 Å². The smallest absolute Gasteiger partial charge is 0.246 e. The molecule has 2 heterocycles. The van der Waals surface area contributed by atoms with Crippen molar-refractivity contribution in [3.63, 3.8) is 0 Å². The van der Waals surface area contributed by atoms with Crippen LogP contribution in [-0.4, -0.2) is 32.6 Å². The maximum Gasteiger partial charge on any atom is 0.246 e. The van der Waals surface area contributed by atoms with Gasteiger partial charge in [-0.3, -0.25) is 14.5 Å². The van der Waals surface area contributed by atoms with Gasteiger partial charge in [-0.2, -0.15) is 5.10 Å². The molecule has 2 rings (SSSR count). The molecule has 128 valence electrons. The number of likely N-dealkylation sites (N-methyl/N-ethyl adjacent to an activating group) is 1. The highest BCUT2D eigenvalue weighted by Crippen LogP contribution is 2.24. The summed E-state index contributed by atoms with van der Waals surface area (Å²) in [5, 5.41) is 4.77. The summed E-state index contributed by atoms with van der Waals surface area (Å²) in [4.78, 5) is 18.7. The summed E-state index contributed by atoms with van der Waals surface area (Å²) < 4.78 is 1.60. The molecule has 1 amide bonds. The average Bonchev–Trinajstić information content (AvgIpc) is 2.83. The zero-order valence-electron chi connectivity index (χ0n) is 14.5. The molecule has 6 heteroatoms. The molecule has 0 fully saturated rings. The Hall–Kier alpha value is -2.14. The lowest BCUT2D eigenvalue weighted by Crippen LogP contribution is -2.30. The van der Waals surface area contributed by atoms with Crippen LogP contribution in [0.5, 0.6) is 0 Å². The number of halogens is 1. The molecule has 1 atom stereocenters. The molecular weight excluding hydrogens is 324 g/mol. The first-order valence-corrected chi connectivity index (χ1v) is 8.38. The van der Waals surface area contributed by atoms with E-state index >= 15 is 0 Å². The minimum absolute atomic E-state index is 0.0428. The van der Waals surface area contributed by atoms with Crippen molar-refractivity contribution >= 4 is 23.6 Å². The van der Waals surface area contributed by atoms with Crippen LogP contribution < -0.4 is 0 Å². The number of carbonyl (C=O) groups is 1. The molecule has 0 aliphatic heterocycles. The summed E-state index contributed by atoms with van der Waals surface area (Å²) in [5.74, 6) is -0.0848. The zero-order chi connectivity index (χ0) is 17.7. The van der Waals surface area contributed by atoms with E-state index in [1.807, 2.05) is 25.1 Å². The number of rotatable bonds is 6. The van der Waals surface area contributed by atoms with Crippen LogP contribution >= 0.6 is 11.6 Å². The van der Waals surface area contributed by atoms with Crippen LogP contribution in [0, 0.1) is 6.92 Å². The van der Waals surface area contributed by atoms with E-state index in [-0.39, 0.29) is 11.9 Å². The van der Waals surface area contributed by atoms with Gasteiger partial charge in [0.2, 0.25) is 5.91 Å². The molecule has 0 radical (unpaired) electrons. The first-order valence-electron chi connectivity index (χ1n) is 8.00. The van der Waals surface area contributed by atoms with E-state index in [1.54, 1.807) is 42.0 Å². The van der Waals surface area contributed by atoms with Crippen molar-refractivity contribution in [3.05, 3.63) is 52.6 Å². The largest absolute Gasteiger partial charge is 0.334 e. The maximum atomic E-state index is 12.6. The van der Waals surface area contributed by atoms with Crippen LogP contribution in [0.3, 0.4) is 0 Å². The molecule has 2 aromatic heterocycles. The van der Waals surface area contributed by atoms with Gasteiger partial charge < -0.3 is 4.90 Å². The van der Waals surface area contributed by atoms with Gasteiger partial charge in [0.25, 0.3) is 0 Å². The van der Waals surface area contributed by atoms with Crippen molar-refractivity contribution < 1.29 is 4.79 Å². The SMILES string of the molecule is CCC[C@H](c1ccccn1)N(C)C(=O)/C=C\c1c(C)nn(C)c1Cl.